The monoisotopic (exact) mass is 145 g/mol. The lowest BCUT2D eigenvalue weighted by Crippen LogP contribution is -1.91. The summed E-state index contributed by atoms with van der Waals surface area (Å²) < 4.78 is 3.63. The average Bonchev–Trinajstić information content (AvgIpc) is 2.33. The molecule has 1 aromatic rings. The van der Waals surface area contributed by atoms with E-state index >= 15 is 0 Å². The Kier molecular flexibility index (Phi) is 1.96. The highest BCUT2D eigenvalue weighted by Crippen LogP contribution is 2.15. The summed E-state index contributed by atoms with van der Waals surface area (Å²) >= 11 is 1.24. The van der Waals surface area contributed by atoms with Gasteiger partial charge in [0.2, 0.25) is 0 Å². The van der Waals surface area contributed by atoms with Crippen LogP contribution >= 0.6 is 11.5 Å². The van der Waals surface area contributed by atoms with Crippen molar-refractivity contribution in [1.29, 1.82) is 0 Å². The third kappa shape index (κ3) is 1.17. The molecule has 0 saturated heterocycles. The fourth-order valence-electron chi connectivity index (χ4n) is 0.502. The fourth-order valence-corrected chi connectivity index (χ4v) is 1.03. The van der Waals surface area contributed by atoms with Crippen molar-refractivity contribution in [3.63, 3.8) is 0 Å². The van der Waals surface area contributed by atoms with Crippen LogP contribution in [0.3, 0.4) is 0 Å². The normalized spacial score (nSPS) is 9.56. The van der Waals surface area contributed by atoms with Crippen LogP contribution in [0.1, 0.15) is 5.69 Å². The van der Waals surface area contributed by atoms with E-state index in [1.807, 2.05) is 0 Å². The van der Waals surface area contributed by atoms with Crippen LogP contribution in [0.25, 0.3) is 0 Å². The van der Waals surface area contributed by atoms with E-state index in [9.17, 15) is 0 Å². The first kappa shape index (κ1) is 6.44. The second-order valence-corrected chi connectivity index (χ2v) is 2.21. The molecule has 0 aliphatic rings. The van der Waals surface area contributed by atoms with Gasteiger partial charge in [-0.05, 0) is 0 Å². The van der Waals surface area contributed by atoms with E-state index in [0.717, 1.165) is 5.00 Å². The van der Waals surface area contributed by atoms with E-state index in [1.54, 1.807) is 7.05 Å². The van der Waals surface area contributed by atoms with Gasteiger partial charge >= 0.3 is 0 Å². The van der Waals surface area contributed by atoms with Crippen LogP contribution < -0.4 is 5.32 Å². The minimum absolute atomic E-state index is 0.0489. The van der Waals surface area contributed by atoms with Gasteiger partial charge in [0.1, 0.15) is 10.7 Å². The second kappa shape index (κ2) is 2.75. The average molecular weight is 145 g/mol. The Labute approximate surface area is 56.7 Å². The first-order valence-electron chi connectivity index (χ1n) is 2.48. The molecule has 50 valence electrons. The SMILES string of the molecule is CNc1snnc1CO. The van der Waals surface area contributed by atoms with Crippen LogP contribution in [0.15, 0.2) is 0 Å². The second-order valence-electron chi connectivity index (χ2n) is 1.46. The first-order chi connectivity index (χ1) is 4.38. The lowest BCUT2D eigenvalue weighted by atomic mass is 10.5. The Morgan fingerprint density at radius 2 is 2.56 bits per heavy atom. The van der Waals surface area contributed by atoms with Gasteiger partial charge in [-0.3, -0.25) is 0 Å². The van der Waals surface area contributed by atoms with Gasteiger partial charge in [-0.1, -0.05) is 4.49 Å². The van der Waals surface area contributed by atoms with E-state index in [4.69, 9.17) is 5.11 Å². The molecule has 0 saturated carbocycles. The minimum Gasteiger partial charge on any atom is -0.390 e. The summed E-state index contributed by atoms with van der Waals surface area (Å²) in [5.74, 6) is 0. The molecule has 0 amide bonds. The van der Waals surface area contributed by atoms with Gasteiger partial charge in [-0.25, -0.2) is 0 Å². The molecule has 0 aromatic carbocycles. The highest BCUT2D eigenvalue weighted by atomic mass is 32.1. The number of aliphatic hydroxyl groups is 1. The maximum absolute atomic E-state index is 8.60. The molecule has 9 heavy (non-hydrogen) atoms. The lowest BCUT2D eigenvalue weighted by molar-refractivity contribution is 0.277. The topological polar surface area (TPSA) is 58.0 Å². The molecule has 4 nitrogen and oxygen atoms in total. The van der Waals surface area contributed by atoms with E-state index in [-0.39, 0.29) is 6.61 Å². The van der Waals surface area contributed by atoms with Crippen molar-refractivity contribution >= 4 is 16.5 Å². The zero-order valence-electron chi connectivity index (χ0n) is 4.96. The zero-order valence-corrected chi connectivity index (χ0v) is 5.77. The van der Waals surface area contributed by atoms with Crippen LogP contribution in [0.2, 0.25) is 0 Å². The highest BCUT2D eigenvalue weighted by molar-refractivity contribution is 7.10. The number of rotatable bonds is 2. The van der Waals surface area contributed by atoms with Crippen LogP contribution in [0, 0.1) is 0 Å². The standard InChI is InChI=1S/C4H7N3OS/c1-5-4-3(2-8)6-7-9-4/h5,8H,2H2,1H3. The molecule has 0 spiro atoms. The number of anilines is 1. The zero-order chi connectivity index (χ0) is 6.69. The maximum Gasteiger partial charge on any atom is 0.135 e. The molecule has 1 aromatic heterocycles. The van der Waals surface area contributed by atoms with Gasteiger partial charge in [0.25, 0.3) is 0 Å². The van der Waals surface area contributed by atoms with Gasteiger partial charge < -0.3 is 10.4 Å². The van der Waals surface area contributed by atoms with Crippen LogP contribution in [0.5, 0.6) is 0 Å². The number of nitrogens with zero attached hydrogens (tertiary/aromatic N) is 2. The van der Waals surface area contributed by atoms with E-state index in [0.29, 0.717) is 5.69 Å². The molecule has 2 N–H and O–H groups in total. The largest absolute Gasteiger partial charge is 0.390 e. The van der Waals surface area contributed by atoms with Crippen molar-refractivity contribution in [2.75, 3.05) is 12.4 Å². The molecular formula is C4H7N3OS. The molecule has 0 bridgehead atoms. The van der Waals surface area contributed by atoms with Crippen molar-refractivity contribution in [3.05, 3.63) is 5.69 Å². The molecule has 5 heteroatoms. The third-order valence-electron chi connectivity index (χ3n) is 0.933. The van der Waals surface area contributed by atoms with Crippen molar-refractivity contribution in [2.45, 2.75) is 6.61 Å². The number of nitrogens with one attached hydrogen (secondary N) is 1. The smallest absolute Gasteiger partial charge is 0.135 e. The number of aromatic nitrogens is 2. The fraction of sp³-hybridized carbons (Fsp3) is 0.500. The molecule has 1 heterocycles. The van der Waals surface area contributed by atoms with Crippen LogP contribution in [-0.2, 0) is 6.61 Å². The third-order valence-corrected chi connectivity index (χ3v) is 1.72. The van der Waals surface area contributed by atoms with Gasteiger partial charge in [0, 0.05) is 18.6 Å². The summed E-state index contributed by atoms with van der Waals surface area (Å²) in [5.41, 5.74) is 0.613. The lowest BCUT2D eigenvalue weighted by Gasteiger charge is -1.91. The molecular weight excluding hydrogens is 138 g/mol. The summed E-state index contributed by atoms with van der Waals surface area (Å²) in [5, 5.41) is 16.0. The van der Waals surface area contributed by atoms with Gasteiger partial charge in [-0.2, -0.15) is 0 Å². The van der Waals surface area contributed by atoms with Gasteiger partial charge in [-0.15, -0.1) is 5.10 Å². The molecule has 0 atom stereocenters. The minimum atomic E-state index is -0.0489. The Balaban J connectivity index is 2.85. The maximum atomic E-state index is 8.60. The highest BCUT2D eigenvalue weighted by Gasteiger charge is 2.01. The quantitative estimate of drug-likeness (QED) is 0.618. The summed E-state index contributed by atoms with van der Waals surface area (Å²) in [4.78, 5) is 0. The molecule has 0 radical (unpaired) electrons. The number of aliphatic hydroxyl groups excluding tert-OH is 1. The predicted molar refractivity (Wildman–Crippen MR) is 35.4 cm³/mol. The van der Waals surface area contributed by atoms with E-state index < -0.39 is 0 Å². The Hall–Kier alpha value is -0.680. The predicted octanol–water partition coefficient (Wildman–Crippen LogP) is 0.0721. The molecule has 1 rings (SSSR count). The van der Waals surface area contributed by atoms with E-state index in [1.165, 1.54) is 11.5 Å². The molecule has 0 unspecified atom stereocenters. The molecule has 0 fully saturated rings. The van der Waals surface area contributed by atoms with Gasteiger partial charge in [0.05, 0.1) is 6.61 Å². The van der Waals surface area contributed by atoms with Crippen molar-refractivity contribution in [1.82, 2.24) is 9.59 Å². The van der Waals surface area contributed by atoms with Crippen molar-refractivity contribution < 1.29 is 5.11 Å². The summed E-state index contributed by atoms with van der Waals surface area (Å²) in [6, 6.07) is 0. The summed E-state index contributed by atoms with van der Waals surface area (Å²) in [7, 11) is 1.77. The summed E-state index contributed by atoms with van der Waals surface area (Å²) in [6.07, 6.45) is 0. The van der Waals surface area contributed by atoms with Crippen LogP contribution in [-0.4, -0.2) is 21.7 Å². The summed E-state index contributed by atoms with van der Waals surface area (Å²) in [6.45, 7) is -0.0489. The Morgan fingerprint density at radius 1 is 1.78 bits per heavy atom. The number of hydrogen-bond donors (Lipinski definition) is 2. The van der Waals surface area contributed by atoms with Crippen molar-refractivity contribution in [2.24, 2.45) is 0 Å². The molecule has 0 aliphatic carbocycles. The molecule has 0 aliphatic heterocycles. The Bertz CT molecular complexity index is 169. The first-order valence-corrected chi connectivity index (χ1v) is 3.25. The van der Waals surface area contributed by atoms with Crippen LogP contribution in [0.4, 0.5) is 5.00 Å². The van der Waals surface area contributed by atoms with Crippen molar-refractivity contribution in [3.8, 4) is 0 Å². The van der Waals surface area contributed by atoms with E-state index in [2.05, 4.69) is 14.9 Å². The number of hydrogen-bond acceptors (Lipinski definition) is 5. The van der Waals surface area contributed by atoms with Gasteiger partial charge in [0.15, 0.2) is 0 Å². The Morgan fingerprint density at radius 3 is 3.00 bits per heavy atom.